The third-order valence-electron chi connectivity index (χ3n) is 4.22. The maximum absolute atomic E-state index is 12.1. The van der Waals surface area contributed by atoms with Crippen LogP contribution in [0.5, 0.6) is 0 Å². The fourth-order valence-electron chi connectivity index (χ4n) is 3.02. The molecule has 0 aromatic rings. The number of hydrogen-bond acceptors (Lipinski definition) is 3. The first-order valence-corrected chi connectivity index (χ1v) is 8.15. The van der Waals surface area contributed by atoms with Crippen LogP contribution in [0.15, 0.2) is 23.3 Å². The molecule has 1 N–H and O–H groups in total. The smallest absolute Gasteiger partial charge is 0.236 e. The van der Waals surface area contributed by atoms with Crippen LogP contribution >= 0.6 is 0 Å². The fraction of sp³-hybridized carbons (Fsp3) is 0.706. The van der Waals surface area contributed by atoms with Gasteiger partial charge in [0.2, 0.25) is 5.91 Å². The monoisotopic (exact) mass is 292 g/mol. The lowest BCUT2D eigenvalue weighted by Crippen LogP contribution is -2.51. The summed E-state index contributed by atoms with van der Waals surface area (Å²) in [6.07, 6.45) is 9.61. The van der Waals surface area contributed by atoms with Crippen molar-refractivity contribution in [3.05, 3.63) is 23.3 Å². The molecule has 1 atom stereocenters. The van der Waals surface area contributed by atoms with Gasteiger partial charge in [-0.25, -0.2) is 5.01 Å². The van der Waals surface area contributed by atoms with E-state index in [0.717, 1.165) is 51.7 Å². The first-order chi connectivity index (χ1) is 10.1. The molecule has 1 aliphatic heterocycles. The summed E-state index contributed by atoms with van der Waals surface area (Å²) < 4.78 is 0. The summed E-state index contributed by atoms with van der Waals surface area (Å²) in [5.74, 6) is 0.238. The van der Waals surface area contributed by atoms with Crippen LogP contribution < -0.4 is 0 Å². The van der Waals surface area contributed by atoms with Gasteiger partial charge < -0.3 is 5.11 Å². The zero-order valence-electron chi connectivity index (χ0n) is 13.3. The first-order valence-electron chi connectivity index (χ1n) is 8.15. The summed E-state index contributed by atoms with van der Waals surface area (Å²) in [5.41, 5.74) is 2.91. The van der Waals surface area contributed by atoms with Crippen molar-refractivity contribution in [3.8, 4) is 0 Å². The Balaban J connectivity index is 1.78. The van der Waals surface area contributed by atoms with Gasteiger partial charge in [-0.15, -0.1) is 0 Å². The minimum Gasteiger partial charge on any atom is -0.393 e. The van der Waals surface area contributed by atoms with Crippen molar-refractivity contribution in [1.29, 1.82) is 0 Å². The van der Waals surface area contributed by atoms with E-state index in [0.29, 0.717) is 6.42 Å². The van der Waals surface area contributed by atoms with Gasteiger partial charge in [-0.05, 0) is 46.0 Å². The third kappa shape index (κ3) is 4.97. The van der Waals surface area contributed by atoms with E-state index in [4.69, 9.17) is 0 Å². The highest BCUT2D eigenvalue weighted by Gasteiger charge is 2.25. The van der Waals surface area contributed by atoms with E-state index in [1.54, 1.807) is 6.92 Å². The van der Waals surface area contributed by atoms with E-state index in [1.165, 1.54) is 11.1 Å². The number of aliphatic hydroxyl groups excluding tert-OH is 1. The van der Waals surface area contributed by atoms with Gasteiger partial charge >= 0.3 is 0 Å². The minimum atomic E-state index is -0.304. The molecule has 1 amide bonds. The van der Waals surface area contributed by atoms with Crippen LogP contribution in [0.25, 0.3) is 0 Å². The largest absolute Gasteiger partial charge is 0.393 e. The number of hydrogen-bond donors (Lipinski definition) is 1. The fourth-order valence-corrected chi connectivity index (χ4v) is 3.02. The summed E-state index contributed by atoms with van der Waals surface area (Å²) in [4.78, 5) is 12.1. The second-order valence-corrected chi connectivity index (χ2v) is 6.33. The quantitative estimate of drug-likeness (QED) is 0.784. The molecule has 2 rings (SSSR count). The highest BCUT2D eigenvalue weighted by Crippen LogP contribution is 2.23. The molecule has 2 aliphatic rings. The number of aliphatic hydroxyl groups is 1. The Kier molecular flexibility index (Phi) is 6.00. The third-order valence-corrected chi connectivity index (χ3v) is 4.22. The van der Waals surface area contributed by atoms with Crippen LogP contribution in [-0.4, -0.2) is 46.8 Å². The Hall–Kier alpha value is -1.13. The van der Waals surface area contributed by atoms with E-state index in [-0.39, 0.29) is 12.0 Å². The summed E-state index contributed by atoms with van der Waals surface area (Å²) in [7, 11) is 0. The second-order valence-electron chi connectivity index (χ2n) is 6.33. The zero-order chi connectivity index (χ0) is 15.2. The van der Waals surface area contributed by atoms with Crippen molar-refractivity contribution in [1.82, 2.24) is 10.0 Å². The average Bonchev–Trinajstić information content (AvgIpc) is 2.84. The lowest BCUT2D eigenvalue weighted by atomic mass is 10.1. The lowest BCUT2D eigenvalue weighted by Gasteiger charge is -2.39. The normalized spacial score (nSPS) is 21.5. The van der Waals surface area contributed by atoms with Crippen molar-refractivity contribution >= 4 is 5.91 Å². The van der Waals surface area contributed by atoms with Crippen LogP contribution in [-0.2, 0) is 4.79 Å². The molecule has 1 fully saturated rings. The molecule has 1 unspecified atom stereocenters. The number of allylic oxidation sites excluding steroid dienone is 4. The molecule has 4 heteroatoms. The molecule has 0 bridgehead atoms. The lowest BCUT2D eigenvalue weighted by molar-refractivity contribution is -0.156. The summed E-state index contributed by atoms with van der Waals surface area (Å²) >= 11 is 0. The number of amides is 1. The van der Waals surface area contributed by atoms with Crippen LogP contribution in [0.3, 0.4) is 0 Å². The predicted molar refractivity (Wildman–Crippen MR) is 84.5 cm³/mol. The van der Waals surface area contributed by atoms with Crippen molar-refractivity contribution in [2.24, 2.45) is 0 Å². The molecule has 0 saturated carbocycles. The predicted octanol–water partition coefficient (Wildman–Crippen LogP) is 2.65. The van der Waals surface area contributed by atoms with Gasteiger partial charge in [0.1, 0.15) is 0 Å². The number of hydrazine groups is 1. The van der Waals surface area contributed by atoms with E-state index < -0.39 is 0 Å². The Labute approximate surface area is 128 Å². The molecule has 118 valence electrons. The molecule has 0 spiro atoms. The van der Waals surface area contributed by atoms with Crippen molar-refractivity contribution in [3.63, 3.8) is 0 Å². The molecular weight excluding hydrogens is 264 g/mol. The molecule has 0 aromatic heterocycles. The average molecular weight is 292 g/mol. The Morgan fingerprint density at radius 3 is 2.81 bits per heavy atom. The van der Waals surface area contributed by atoms with Crippen molar-refractivity contribution < 1.29 is 9.90 Å². The van der Waals surface area contributed by atoms with Gasteiger partial charge in [-0.1, -0.05) is 23.3 Å². The Morgan fingerprint density at radius 2 is 2.14 bits per heavy atom. The maximum atomic E-state index is 12.1. The highest BCUT2D eigenvalue weighted by atomic mass is 16.3. The summed E-state index contributed by atoms with van der Waals surface area (Å²) in [6.45, 7) is 6.47. The standard InChI is InChI=1S/C17H28N2O2/c1-14-7-8-16(13-14)5-3-11-19-17(21)6-4-10-18(19)12-9-15(2)20/h7-8,15,20H,3-6,9-13H2,1-2H3. The van der Waals surface area contributed by atoms with Crippen LogP contribution in [0, 0.1) is 0 Å². The van der Waals surface area contributed by atoms with Gasteiger partial charge in [0, 0.05) is 26.1 Å². The van der Waals surface area contributed by atoms with Crippen molar-refractivity contribution in [2.45, 2.75) is 58.5 Å². The van der Waals surface area contributed by atoms with Gasteiger partial charge in [0.15, 0.2) is 0 Å². The van der Waals surface area contributed by atoms with Crippen LogP contribution in [0.1, 0.15) is 52.4 Å². The highest BCUT2D eigenvalue weighted by molar-refractivity contribution is 5.76. The number of carbonyl (C=O) groups is 1. The number of carbonyl (C=O) groups excluding carboxylic acids is 1. The molecule has 0 radical (unpaired) electrons. The Bertz CT molecular complexity index is 427. The number of nitrogens with zero attached hydrogens (tertiary/aromatic N) is 2. The zero-order valence-corrected chi connectivity index (χ0v) is 13.3. The van der Waals surface area contributed by atoms with Gasteiger partial charge in [-0.2, -0.15) is 0 Å². The van der Waals surface area contributed by atoms with E-state index in [9.17, 15) is 9.90 Å². The first kappa shape index (κ1) is 16.2. The topological polar surface area (TPSA) is 43.8 Å². The van der Waals surface area contributed by atoms with E-state index in [1.807, 2.05) is 5.01 Å². The number of rotatable bonds is 7. The molecule has 1 saturated heterocycles. The van der Waals surface area contributed by atoms with E-state index >= 15 is 0 Å². The summed E-state index contributed by atoms with van der Waals surface area (Å²) in [6, 6.07) is 0. The molecule has 21 heavy (non-hydrogen) atoms. The molecule has 1 heterocycles. The van der Waals surface area contributed by atoms with Crippen LogP contribution in [0.2, 0.25) is 0 Å². The molecular formula is C17H28N2O2. The van der Waals surface area contributed by atoms with Gasteiger partial charge in [0.25, 0.3) is 0 Å². The van der Waals surface area contributed by atoms with E-state index in [2.05, 4.69) is 24.1 Å². The van der Waals surface area contributed by atoms with Crippen molar-refractivity contribution in [2.75, 3.05) is 19.6 Å². The maximum Gasteiger partial charge on any atom is 0.236 e. The van der Waals surface area contributed by atoms with Crippen LogP contribution in [0.4, 0.5) is 0 Å². The van der Waals surface area contributed by atoms with Gasteiger partial charge in [-0.3, -0.25) is 9.80 Å². The SMILES string of the molecule is CC1=CC=C(CCCN2C(=O)CCCN2CCC(C)O)C1. The van der Waals surface area contributed by atoms with Gasteiger partial charge in [0.05, 0.1) is 6.10 Å². The summed E-state index contributed by atoms with van der Waals surface area (Å²) in [5, 5.41) is 13.5. The molecule has 4 nitrogen and oxygen atoms in total. The molecule has 1 aliphatic carbocycles. The second kappa shape index (κ2) is 7.76. The Morgan fingerprint density at radius 1 is 1.33 bits per heavy atom. The minimum absolute atomic E-state index is 0.238. The molecule has 0 aromatic carbocycles.